The summed E-state index contributed by atoms with van der Waals surface area (Å²) in [6.45, 7) is 0.769. The molecule has 34 heavy (non-hydrogen) atoms. The van der Waals surface area contributed by atoms with Crippen LogP contribution in [0.2, 0.25) is 0 Å². The van der Waals surface area contributed by atoms with Crippen LogP contribution < -0.4 is 15.8 Å². The molecular formula is C21H20F6N4O2S. The molecule has 3 rings (SSSR count). The number of nitrogens with two attached hydrogens (primary N) is 1. The lowest BCUT2D eigenvalue weighted by molar-refractivity contribution is -0.153. The number of ether oxygens (including phenoxy) is 1. The van der Waals surface area contributed by atoms with Crippen molar-refractivity contribution < 1.29 is 35.9 Å². The molecule has 1 amide bonds. The number of hydrogen-bond donors (Lipinski definition) is 2. The minimum absolute atomic E-state index is 0.0105. The number of benzene rings is 1. The van der Waals surface area contributed by atoms with Crippen LogP contribution in [0.1, 0.15) is 36.3 Å². The molecule has 1 aromatic heterocycles. The van der Waals surface area contributed by atoms with Crippen LogP contribution in [0.5, 0.6) is 5.75 Å². The number of carbonyl (C=O) groups excluding carboxylic acids is 1. The van der Waals surface area contributed by atoms with Crippen LogP contribution >= 0.6 is 11.8 Å². The van der Waals surface area contributed by atoms with Crippen LogP contribution in [0, 0.1) is 11.6 Å². The number of thioether (sulfide) groups is 1. The van der Waals surface area contributed by atoms with Crippen molar-refractivity contribution in [2.75, 3.05) is 18.6 Å². The Morgan fingerprint density at radius 2 is 1.97 bits per heavy atom. The van der Waals surface area contributed by atoms with Gasteiger partial charge in [0, 0.05) is 17.3 Å². The van der Waals surface area contributed by atoms with Gasteiger partial charge in [-0.15, -0.1) is 0 Å². The van der Waals surface area contributed by atoms with Gasteiger partial charge in [-0.05, 0) is 38.5 Å². The van der Waals surface area contributed by atoms with E-state index in [-0.39, 0.29) is 34.3 Å². The minimum atomic E-state index is -4.54. The van der Waals surface area contributed by atoms with Crippen molar-refractivity contribution in [2.24, 2.45) is 10.7 Å². The number of nitrogens with zero attached hydrogens (tertiary/aromatic N) is 2. The van der Waals surface area contributed by atoms with Crippen molar-refractivity contribution in [3.8, 4) is 5.75 Å². The molecular weight excluding hydrogens is 486 g/mol. The number of hydrogen-bond acceptors (Lipinski definition) is 6. The molecule has 0 saturated carbocycles. The number of halogens is 6. The van der Waals surface area contributed by atoms with E-state index in [1.54, 1.807) is 6.92 Å². The first-order valence-corrected chi connectivity index (χ1v) is 10.6. The van der Waals surface area contributed by atoms with Crippen molar-refractivity contribution >= 4 is 28.5 Å². The Morgan fingerprint density at radius 3 is 2.56 bits per heavy atom. The highest BCUT2D eigenvalue weighted by molar-refractivity contribution is 8.15. The second kappa shape index (κ2) is 9.35. The molecule has 1 aromatic carbocycles. The van der Waals surface area contributed by atoms with Crippen LogP contribution in [-0.4, -0.2) is 40.3 Å². The van der Waals surface area contributed by atoms with E-state index in [0.29, 0.717) is 0 Å². The van der Waals surface area contributed by atoms with Crippen molar-refractivity contribution in [1.29, 1.82) is 0 Å². The van der Waals surface area contributed by atoms with Crippen molar-refractivity contribution in [2.45, 2.75) is 36.7 Å². The van der Waals surface area contributed by atoms with Gasteiger partial charge < -0.3 is 15.8 Å². The van der Waals surface area contributed by atoms with Gasteiger partial charge in [0.25, 0.3) is 5.91 Å². The molecule has 184 valence electrons. The highest BCUT2D eigenvalue weighted by Crippen LogP contribution is 2.46. The number of carbonyl (C=O) groups is 1. The summed E-state index contributed by atoms with van der Waals surface area (Å²) < 4.78 is 83.0. The number of pyridine rings is 1. The van der Waals surface area contributed by atoms with Crippen LogP contribution in [0.3, 0.4) is 0 Å². The van der Waals surface area contributed by atoms with Crippen LogP contribution in [-0.2, 0) is 5.54 Å². The largest absolute Gasteiger partial charge is 0.483 e. The lowest BCUT2D eigenvalue weighted by Crippen LogP contribution is -2.42. The number of aromatic nitrogens is 1. The fourth-order valence-corrected chi connectivity index (χ4v) is 4.73. The number of amidine groups is 1. The zero-order valence-corrected chi connectivity index (χ0v) is 18.8. The maximum atomic E-state index is 14.8. The fourth-order valence-electron chi connectivity index (χ4n) is 3.57. The number of anilines is 1. The van der Waals surface area contributed by atoms with Gasteiger partial charge in [-0.2, -0.15) is 13.2 Å². The summed E-state index contributed by atoms with van der Waals surface area (Å²) in [5.41, 5.74) is 3.85. The predicted molar refractivity (Wildman–Crippen MR) is 116 cm³/mol. The molecule has 0 radical (unpaired) electrons. The molecule has 0 fully saturated rings. The van der Waals surface area contributed by atoms with Gasteiger partial charge in [0.2, 0.25) is 0 Å². The molecule has 0 spiro atoms. The molecule has 13 heteroatoms. The number of rotatable bonds is 6. The van der Waals surface area contributed by atoms with Gasteiger partial charge in [0.1, 0.15) is 18.1 Å². The molecule has 1 aliphatic rings. The molecule has 0 aliphatic carbocycles. The lowest BCUT2D eigenvalue weighted by atomic mass is 9.83. The minimum Gasteiger partial charge on any atom is -0.483 e. The Bertz CT molecular complexity index is 1110. The zero-order valence-electron chi connectivity index (χ0n) is 18.0. The van der Waals surface area contributed by atoms with Gasteiger partial charge in [0.15, 0.2) is 23.4 Å². The van der Waals surface area contributed by atoms with Gasteiger partial charge in [-0.1, -0.05) is 11.8 Å². The van der Waals surface area contributed by atoms with E-state index in [9.17, 15) is 31.1 Å². The summed E-state index contributed by atoms with van der Waals surface area (Å²) >= 11 is 1.000. The molecule has 2 atom stereocenters. The van der Waals surface area contributed by atoms with Crippen LogP contribution in [0.25, 0.3) is 0 Å². The zero-order chi connectivity index (χ0) is 25.3. The molecule has 2 aromatic rings. The van der Waals surface area contributed by atoms with E-state index in [1.165, 1.54) is 13.0 Å². The number of aliphatic imine (C=N–C) groups is 1. The monoisotopic (exact) mass is 506 g/mol. The first-order valence-electron chi connectivity index (χ1n) is 9.80. The molecule has 0 saturated heterocycles. The summed E-state index contributed by atoms with van der Waals surface area (Å²) in [7, 11) is 0. The molecule has 0 unspecified atom stereocenters. The van der Waals surface area contributed by atoms with E-state index < -0.39 is 47.3 Å². The van der Waals surface area contributed by atoms with E-state index in [0.717, 1.165) is 36.2 Å². The Labute approximate surface area is 195 Å². The second-order valence-electron chi connectivity index (χ2n) is 8.14. The number of amides is 1. The highest BCUT2D eigenvalue weighted by atomic mass is 32.2. The summed E-state index contributed by atoms with van der Waals surface area (Å²) in [4.78, 5) is 20.4. The maximum Gasteiger partial charge on any atom is 0.422 e. The summed E-state index contributed by atoms with van der Waals surface area (Å²) in [5, 5.41) is 2.37. The van der Waals surface area contributed by atoms with Crippen molar-refractivity contribution in [1.82, 2.24) is 4.98 Å². The molecule has 3 N–H and O–H groups in total. The Hall–Kier alpha value is -2.96. The Kier molecular flexibility index (Phi) is 7.06. The van der Waals surface area contributed by atoms with E-state index in [2.05, 4.69) is 20.0 Å². The normalized spacial score (nSPS) is 22.8. The van der Waals surface area contributed by atoms with E-state index in [4.69, 9.17) is 5.73 Å². The third kappa shape index (κ3) is 5.93. The smallest absolute Gasteiger partial charge is 0.422 e. The van der Waals surface area contributed by atoms with Gasteiger partial charge >= 0.3 is 6.18 Å². The maximum absolute atomic E-state index is 14.8. The third-order valence-electron chi connectivity index (χ3n) is 4.95. The van der Waals surface area contributed by atoms with Gasteiger partial charge in [-0.25, -0.2) is 18.2 Å². The lowest BCUT2D eigenvalue weighted by Gasteiger charge is -2.39. The number of alkyl halides is 4. The Balaban J connectivity index is 1.84. The predicted octanol–water partition coefficient (Wildman–Crippen LogP) is 4.95. The topological polar surface area (TPSA) is 89.6 Å². The van der Waals surface area contributed by atoms with E-state index >= 15 is 0 Å². The number of nitrogens with one attached hydrogen (secondary N) is 1. The second-order valence-corrected chi connectivity index (χ2v) is 9.75. The van der Waals surface area contributed by atoms with E-state index in [1.807, 2.05) is 0 Å². The molecule has 6 nitrogen and oxygen atoms in total. The fraction of sp³-hybridized carbons (Fsp3) is 0.381. The average molecular weight is 506 g/mol. The quantitative estimate of drug-likeness (QED) is 0.542. The summed E-state index contributed by atoms with van der Waals surface area (Å²) in [5.74, 6) is -3.53. The van der Waals surface area contributed by atoms with Gasteiger partial charge in [0.05, 0.1) is 16.5 Å². The third-order valence-corrected chi connectivity index (χ3v) is 5.99. The van der Waals surface area contributed by atoms with Gasteiger partial charge in [-0.3, -0.25) is 9.79 Å². The van der Waals surface area contributed by atoms with Crippen LogP contribution in [0.4, 0.5) is 32.0 Å². The SMILES string of the molecule is C[C@]1(CF)C[C@@](C)(c2cc(NC(=O)c3ccc(OCC(F)(F)F)cn3)cc(F)c2F)N=C(N)S1. The first kappa shape index (κ1) is 25.7. The first-order chi connectivity index (χ1) is 15.7. The highest BCUT2D eigenvalue weighted by Gasteiger charge is 2.44. The Morgan fingerprint density at radius 1 is 1.26 bits per heavy atom. The van der Waals surface area contributed by atoms with Crippen molar-refractivity contribution in [3.63, 3.8) is 0 Å². The summed E-state index contributed by atoms with van der Waals surface area (Å²) in [6, 6.07) is 4.14. The summed E-state index contributed by atoms with van der Waals surface area (Å²) in [6.07, 6.45) is -3.60. The standard InChI is InChI=1S/C21H20F6N4O2S/c1-19(9-22)8-20(2,31-18(28)34-19)13-5-11(6-14(23)16(13)24)30-17(32)15-4-3-12(7-29-15)33-10-21(25,26)27/h3-7H,8-10H2,1-2H3,(H2,28,31)(H,30,32)/t19-,20+/m1/s1. The van der Waals surface area contributed by atoms with Crippen molar-refractivity contribution in [3.05, 3.63) is 53.4 Å². The molecule has 2 heterocycles. The molecule has 1 aliphatic heterocycles. The molecule has 0 bridgehead atoms. The van der Waals surface area contributed by atoms with Crippen LogP contribution in [0.15, 0.2) is 35.5 Å². The average Bonchev–Trinajstić information content (AvgIpc) is 2.73.